The van der Waals surface area contributed by atoms with Crippen molar-refractivity contribution in [1.29, 1.82) is 0 Å². The summed E-state index contributed by atoms with van der Waals surface area (Å²) in [6.45, 7) is 0.276. The molecule has 0 aromatic heterocycles. The van der Waals surface area contributed by atoms with Crippen molar-refractivity contribution in [2.75, 3.05) is 6.61 Å². The number of carbonyl (C=O) groups is 1. The number of rotatable bonds is 4. The van der Waals surface area contributed by atoms with Gasteiger partial charge in [-0.15, -0.1) is 12.3 Å². The Hall–Kier alpha value is -1.01. The quantitative estimate of drug-likeness (QED) is 0.696. The van der Waals surface area contributed by atoms with E-state index in [1.807, 2.05) is 0 Å². The Morgan fingerprint density at radius 2 is 2.21 bits per heavy atom. The van der Waals surface area contributed by atoms with Crippen molar-refractivity contribution in [3.8, 4) is 12.3 Å². The van der Waals surface area contributed by atoms with E-state index in [2.05, 4.69) is 5.92 Å². The van der Waals surface area contributed by atoms with Crippen LogP contribution in [0.4, 0.5) is 0 Å². The number of hydrogen-bond acceptors (Lipinski definition) is 2. The van der Waals surface area contributed by atoms with E-state index < -0.39 is 5.97 Å². The molecular formula is C11H16O3. The Morgan fingerprint density at radius 1 is 1.50 bits per heavy atom. The van der Waals surface area contributed by atoms with Gasteiger partial charge in [-0.1, -0.05) is 12.8 Å². The third kappa shape index (κ3) is 3.39. The number of ether oxygens (including phenoxy) is 1. The van der Waals surface area contributed by atoms with Crippen LogP contribution in [0.3, 0.4) is 0 Å². The first-order valence-electron chi connectivity index (χ1n) is 5.03. The van der Waals surface area contributed by atoms with E-state index in [4.69, 9.17) is 16.3 Å². The largest absolute Gasteiger partial charge is 0.481 e. The molecule has 0 heterocycles. The van der Waals surface area contributed by atoms with E-state index in [0.29, 0.717) is 0 Å². The van der Waals surface area contributed by atoms with Crippen molar-refractivity contribution in [1.82, 2.24) is 0 Å². The van der Waals surface area contributed by atoms with Crippen LogP contribution in [-0.4, -0.2) is 23.8 Å². The molecule has 2 unspecified atom stereocenters. The van der Waals surface area contributed by atoms with Gasteiger partial charge in [0.1, 0.15) is 0 Å². The Bertz CT molecular complexity index is 229. The molecular weight excluding hydrogens is 180 g/mol. The van der Waals surface area contributed by atoms with Crippen LogP contribution in [0.5, 0.6) is 0 Å². The lowest BCUT2D eigenvalue weighted by Crippen LogP contribution is -2.27. The summed E-state index contributed by atoms with van der Waals surface area (Å²) in [6, 6.07) is 0. The highest BCUT2D eigenvalue weighted by Gasteiger charge is 2.23. The van der Waals surface area contributed by atoms with Gasteiger partial charge in [0.05, 0.1) is 19.1 Å². The first kappa shape index (κ1) is 11.1. The maximum absolute atomic E-state index is 10.3. The zero-order chi connectivity index (χ0) is 10.4. The third-order valence-corrected chi connectivity index (χ3v) is 2.56. The van der Waals surface area contributed by atoms with Crippen LogP contribution in [0.25, 0.3) is 0 Å². The highest BCUT2D eigenvalue weighted by molar-refractivity contribution is 5.66. The van der Waals surface area contributed by atoms with Gasteiger partial charge in [-0.05, 0) is 12.8 Å². The molecule has 3 heteroatoms. The van der Waals surface area contributed by atoms with Crippen molar-refractivity contribution in [2.24, 2.45) is 5.92 Å². The second kappa shape index (κ2) is 5.66. The lowest BCUT2D eigenvalue weighted by molar-refractivity contribution is -0.139. The lowest BCUT2D eigenvalue weighted by atomic mass is 9.87. The van der Waals surface area contributed by atoms with E-state index in [1.54, 1.807) is 0 Å². The zero-order valence-electron chi connectivity index (χ0n) is 8.24. The van der Waals surface area contributed by atoms with E-state index in [1.165, 1.54) is 0 Å². The lowest BCUT2D eigenvalue weighted by Gasteiger charge is -2.27. The Balaban J connectivity index is 2.27. The molecule has 0 aromatic carbocycles. The van der Waals surface area contributed by atoms with Gasteiger partial charge in [-0.25, -0.2) is 0 Å². The smallest absolute Gasteiger partial charge is 0.305 e. The van der Waals surface area contributed by atoms with E-state index in [0.717, 1.165) is 25.7 Å². The summed E-state index contributed by atoms with van der Waals surface area (Å²) in [5, 5.41) is 8.45. The predicted molar refractivity (Wildman–Crippen MR) is 52.8 cm³/mol. The Labute approximate surface area is 84.5 Å². The fourth-order valence-corrected chi connectivity index (χ4v) is 1.78. The average Bonchev–Trinajstić information content (AvgIpc) is 2.18. The Kier molecular flexibility index (Phi) is 4.48. The number of carboxylic acids is 1. The molecule has 1 aliphatic rings. The van der Waals surface area contributed by atoms with E-state index in [9.17, 15) is 4.79 Å². The van der Waals surface area contributed by atoms with Gasteiger partial charge in [-0.2, -0.15) is 0 Å². The molecule has 1 aliphatic carbocycles. The standard InChI is InChI=1S/C11H16O3/c1-2-9-5-3-4-6-10(9)14-8-7-11(12)13/h1,9-10H,3-8H2,(H,12,13). The molecule has 0 saturated heterocycles. The molecule has 0 spiro atoms. The van der Waals surface area contributed by atoms with Gasteiger partial charge in [0.2, 0.25) is 0 Å². The average molecular weight is 196 g/mol. The van der Waals surface area contributed by atoms with Crippen LogP contribution in [0.1, 0.15) is 32.1 Å². The van der Waals surface area contributed by atoms with Gasteiger partial charge >= 0.3 is 5.97 Å². The summed E-state index contributed by atoms with van der Waals surface area (Å²) in [5.74, 6) is 2.08. The minimum absolute atomic E-state index is 0.0633. The predicted octanol–water partition coefficient (Wildman–Crippen LogP) is 1.67. The molecule has 1 rings (SSSR count). The fourth-order valence-electron chi connectivity index (χ4n) is 1.78. The molecule has 0 aromatic rings. The van der Waals surface area contributed by atoms with E-state index in [-0.39, 0.29) is 25.0 Å². The second-order valence-electron chi connectivity index (χ2n) is 3.61. The van der Waals surface area contributed by atoms with Gasteiger partial charge in [0.15, 0.2) is 0 Å². The van der Waals surface area contributed by atoms with Crippen LogP contribution in [0.2, 0.25) is 0 Å². The second-order valence-corrected chi connectivity index (χ2v) is 3.61. The van der Waals surface area contributed by atoms with Crippen molar-refractivity contribution < 1.29 is 14.6 Å². The SMILES string of the molecule is C#CC1CCCCC1OCCC(=O)O. The molecule has 1 N–H and O–H groups in total. The topological polar surface area (TPSA) is 46.5 Å². The first-order valence-corrected chi connectivity index (χ1v) is 5.03. The van der Waals surface area contributed by atoms with Crippen LogP contribution < -0.4 is 0 Å². The summed E-state index contributed by atoms with van der Waals surface area (Å²) in [5.41, 5.74) is 0. The Morgan fingerprint density at radius 3 is 2.86 bits per heavy atom. The number of carboxylic acid groups (broad SMARTS) is 1. The molecule has 0 radical (unpaired) electrons. The molecule has 0 amide bonds. The third-order valence-electron chi connectivity index (χ3n) is 2.56. The maximum atomic E-state index is 10.3. The normalized spacial score (nSPS) is 26.8. The summed E-state index contributed by atoms with van der Waals surface area (Å²) in [6.07, 6.45) is 9.79. The van der Waals surface area contributed by atoms with Crippen molar-refractivity contribution >= 4 is 5.97 Å². The molecule has 14 heavy (non-hydrogen) atoms. The van der Waals surface area contributed by atoms with Crippen LogP contribution in [-0.2, 0) is 9.53 Å². The monoisotopic (exact) mass is 196 g/mol. The molecule has 1 fully saturated rings. The van der Waals surface area contributed by atoms with Gasteiger partial charge in [-0.3, -0.25) is 4.79 Å². The van der Waals surface area contributed by atoms with Crippen LogP contribution >= 0.6 is 0 Å². The summed E-state index contributed by atoms with van der Waals surface area (Å²) < 4.78 is 5.47. The molecule has 0 aliphatic heterocycles. The molecule has 78 valence electrons. The van der Waals surface area contributed by atoms with Crippen molar-refractivity contribution in [3.63, 3.8) is 0 Å². The van der Waals surface area contributed by atoms with Crippen molar-refractivity contribution in [3.05, 3.63) is 0 Å². The first-order chi connectivity index (χ1) is 6.74. The number of hydrogen-bond donors (Lipinski definition) is 1. The minimum atomic E-state index is -0.821. The van der Waals surface area contributed by atoms with E-state index >= 15 is 0 Å². The van der Waals surface area contributed by atoms with Gasteiger partial charge < -0.3 is 9.84 Å². The van der Waals surface area contributed by atoms with Gasteiger partial charge in [0.25, 0.3) is 0 Å². The maximum Gasteiger partial charge on any atom is 0.305 e. The molecule has 1 saturated carbocycles. The van der Waals surface area contributed by atoms with Crippen molar-refractivity contribution in [2.45, 2.75) is 38.2 Å². The zero-order valence-corrected chi connectivity index (χ0v) is 8.24. The molecule has 0 bridgehead atoms. The van der Waals surface area contributed by atoms with Gasteiger partial charge in [0, 0.05) is 5.92 Å². The highest BCUT2D eigenvalue weighted by atomic mass is 16.5. The fraction of sp³-hybridized carbons (Fsp3) is 0.727. The van der Waals surface area contributed by atoms with Crippen LogP contribution in [0, 0.1) is 18.3 Å². The summed E-state index contributed by atoms with van der Waals surface area (Å²) in [4.78, 5) is 10.3. The van der Waals surface area contributed by atoms with Crippen LogP contribution in [0.15, 0.2) is 0 Å². The highest BCUT2D eigenvalue weighted by Crippen LogP contribution is 2.26. The number of terminal acetylenes is 1. The summed E-state index contributed by atoms with van der Waals surface area (Å²) >= 11 is 0. The molecule has 3 nitrogen and oxygen atoms in total. The molecule has 2 atom stereocenters. The minimum Gasteiger partial charge on any atom is -0.481 e. The summed E-state index contributed by atoms with van der Waals surface area (Å²) in [7, 11) is 0. The number of aliphatic carboxylic acids is 1.